The lowest BCUT2D eigenvalue weighted by molar-refractivity contribution is -0.180. The topological polar surface area (TPSA) is 121 Å². The normalized spacial score (nSPS) is 20.5. The zero-order chi connectivity index (χ0) is 26.1. The van der Waals surface area contributed by atoms with Gasteiger partial charge in [0.15, 0.2) is 4.33 Å². The molecular weight excluding hydrogens is 505 g/mol. The number of halogens is 2. The van der Waals surface area contributed by atoms with Crippen LogP contribution in [0.5, 0.6) is 0 Å². The van der Waals surface area contributed by atoms with Crippen LogP contribution in [-0.2, 0) is 27.4 Å². The lowest BCUT2D eigenvalue weighted by atomic mass is 9.98. The van der Waals surface area contributed by atoms with Gasteiger partial charge < -0.3 is 14.2 Å². The first-order valence-electron chi connectivity index (χ1n) is 11.5. The molecule has 0 radical (unpaired) electrons. The van der Waals surface area contributed by atoms with E-state index in [1.54, 1.807) is 4.90 Å². The fourth-order valence-corrected chi connectivity index (χ4v) is 3.91. The number of nitrogens with zero attached hydrogens (tertiary/aromatic N) is 4. The Labute approximate surface area is 220 Å². The van der Waals surface area contributed by atoms with Gasteiger partial charge in [0.05, 0.1) is 18.2 Å². The van der Waals surface area contributed by atoms with E-state index in [-0.39, 0.29) is 6.61 Å². The minimum absolute atomic E-state index is 0.134. The van der Waals surface area contributed by atoms with Gasteiger partial charge in [-0.3, -0.25) is 10.3 Å². The van der Waals surface area contributed by atoms with Crippen LogP contribution >= 0.6 is 23.2 Å². The molecule has 2 unspecified atom stereocenters. The summed E-state index contributed by atoms with van der Waals surface area (Å²) in [7, 11) is 0. The molecule has 0 aliphatic carbocycles. The van der Waals surface area contributed by atoms with Crippen molar-refractivity contribution < 1.29 is 19.0 Å². The van der Waals surface area contributed by atoms with Crippen molar-refractivity contribution in [2.24, 2.45) is 5.11 Å². The maximum atomic E-state index is 13.2. The number of hydrogen-bond acceptors (Lipinski definition) is 6. The third kappa shape index (κ3) is 7.77. The van der Waals surface area contributed by atoms with E-state index in [4.69, 9.17) is 48.4 Å². The van der Waals surface area contributed by atoms with Crippen molar-refractivity contribution in [2.45, 2.75) is 68.7 Å². The number of ether oxygens (including phenoxy) is 3. The molecule has 1 saturated heterocycles. The number of hydrogen-bond donors (Lipinski definition) is 1. The van der Waals surface area contributed by atoms with Gasteiger partial charge in [-0.05, 0) is 43.3 Å². The second-order valence-electron chi connectivity index (χ2n) is 8.62. The van der Waals surface area contributed by atoms with Gasteiger partial charge in [0, 0.05) is 11.5 Å². The van der Waals surface area contributed by atoms with Crippen LogP contribution in [0.15, 0.2) is 65.8 Å². The Hall–Kier alpha value is -2.97. The standard InChI is InChI=1S/C25H29Cl2N5O4/c1-17(21-14-13-20(30-31-29)22(35-21)36-23(28)25(2,26)27)32(15-18-9-5-3-6-10-18)24(33)34-16-19-11-7-4-8-12-19/h3-12,17,20-22,28H,13-16H2,1-2H3/t17-,20?,21+,22?/m1/s1. The number of azide groups is 1. The highest BCUT2D eigenvalue weighted by molar-refractivity contribution is 6.57. The molecule has 1 aliphatic heterocycles. The highest BCUT2D eigenvalue weighted by Gasteiger charge is 2.40. The van der Waals surface area contributed by atoms with Crippen LogP contribution in [0, 0.1) is 5.41 Å². The Balaban J connectivity index is 1.78. The molecule has 3 rings (SSSR count). The van der Waals surface area contributed by atoms with Crippen LogP contribution in [0.25, 0.3) is 10.4 Å². The number of nitrogens with one attached hydrogen (secondary N) is 1. The SMILES string of the molecule is C[C@H]([C@@H]1CCC(N=[N+]=[N-])C(OC(=N)C(C)(Cl)Cl)O1)N(Cc1ccccc1)C(=O)OCc1ccccc1. The molecular formula is C25H29Cl2N5O4. The molecule has 0 saturated carbocycles. The van der Waals surface area contributed by atoms with Crippen LogP contribution in [0.4, 0.5) is 4.79 Å². The van der Waals surface area contributed by atoms with Crippen molar-refractivity contribution in [2.75, 3.05) is 0 Å². The fourth-order valence-electron chi connectivity index (χ4n) is 3.82. The molecule has 1 fully saturated rings. The minimum atomic E-state index is -1.58. The predicted molar refractivity (Wildman–Crippen MR) is 138 cm³/mol. The van der Waals surface area contributed by atoms with E-state index in [2.05, 4.69) is 10.0 Å². The first-order chi connectivity index (χ1) is 17.2. The smallest absolute Gasteiger partial charge is 0.410 e. The van der Waals surface area contributed by atoms with Crippen molar-refractivity contribution in [1.82, 2.24) is 4.90 Å². The van der Waals surface area contributed by atoms with Crippen molar-refractivity contribution >= 4 is 35.2 Å². The zero-order valence-electron chi connectivity index (χ0n) is 20.1. The summed E-state index contributed by atoms with van der Waals surface area (Å²) >= 11 is 12.0. The first-order valence-corrected chi connectivity index (χ1v) is 12.3. The summed E-state index contributed by atoms with van der Waals surface area (Å²) in [5.74, 6) is -0.425. The van der Waals surface area contributed by atoms with Gasteiger partial charge in [0.1, 0.15) is 6.61 Å². The van der Waals surface area contributed by atoms with Crippen LogP contribution in [0.2, 0.25) is 0 Å². The summed E-state index contributed by atoms with van der Waals surface area (Å²) in [6.45, 7) is 3.70. The fraction of sp³-hybridized carbons (Fsp3) is 0.440. The van der Waals surface area contributed by atoms with Gasteiger partial charge in [-0.25, -0.2) is 4.79 Å². The van der Waals surface area contributed by atoms with Crippen molar-refractivity contribution in [3.8, 4) is 0 Å². The van der Waals surface area contributed by atoms with E-state index >= 15 is 0 Å². The maximum absolute atomic E-state index is 13.2. The number of carbonyl (C=O) groups is 1. The molecule has 192 valence electrons. The Morgan fingerprint density at radius 3 is 2.39 bits per heavy atom. The molecule has 2 aromatic carbocycles. The lowest BCUT2D eigenvalue weighted by Crippen LogP contribution is -2.52. The molecule has 0 aromatic heterocycles. The molecule has 36 heavy (non-hydrogen) atoms. The minimum Gasteiger partial charge on any atom is -0.449 e. The van der Waals surface area contributed by atoms with Gasteiger partial charge >= 0.3 is 6.09 Å². The molecule has 11 heteroatoms. The van der Waals surface area contributed by atoms with E-state index in [0.29, 0.717) is 19.4 Å². The van der Waals surface area contributed by atoms with Gasteiger partial charge in [0.25, 0.3) is 0 Å². The number of alkyl halides is 2. The van der Waals surface area contributed by atoms with Crippen molar-refractivity contribution in [3.05, 3.63) is 82.2 Å². The number of amides is 1. The Morgan fingerprint density at radius 1 is 1.19 bits per heavy atom. The molecule has 9 nitrogen and oxygen atoms in total. The summed E-state index contributed by atoms with van der Waals surface area (Å²) in [6, 6.07) is 17.9. The zero-order valence-corrected chi connectivity index (χ0v) is 21.6. The van der Waals surface area contributed by atoms with Crippen LogP contribution < -0.4 is 0 Å². The van der Waals surface area contributed by atoms with Crippen molar-refractivity contribution in [3.63, 3.8) is 0 Å². The summed E-state index contributed by atoms with van der Waals surface area (Å²) in [6.07, 6.45) is -1.14. The number of carbonyl (C=O) groups excluding carboxylic acids is 1. The van der Waals surface area contributed by atoms with E-state index < -0.39 is 40.8 Å². The molecule has 0 bridgehead atoms. The second kappa shape index (κ2) is 12.8. The molecule has 0 spiro atoms. The first kappa shape index (κ1) is 27.6. The summed E-state index contributed by atoms with van der Waals surface area (Å²) < 4.78 is 15.7. The monoisotopic (exact) mass is 533 g/mol. The maximum Gasteiger partial charge on any atom is 0.410 e. The van der Waals surface area contributed by atoms with E-state index in [0.717, 1.165) is 11.1 Å². The van der Waals surface area contributed by atoms with Gasteiger partial charge in [-0.2, -0.15) is 0 Å². The predicted octanol–water partition coefficient (Wildman–Crippen LogP) is 6.59. The average Bonchev–Trinajstić information content (AvgIpc) is 2.87. The van der Waals surface area contributed by atoms with Gasteiger partial charge in [0.2, 0.25) is 12.2 Å². The number of rotatable bonds is 9. The average molecular weight is 534 g/mol. The Bertz CT molecular complexity index is 1060. The van der Waals surface area contributed by atoms with Crippen LogP contribution in [-0.4, -0.2) is 45.7 Å². The summed E-state index contributed by atoms with van der Waals surface area (Å²) in [5, 5.41) is 11.8. The van der Waals surface area contributed by atoms with E-state index in [9.17, 15) is 4.79 Å². The highest BCUT2D eigenvalue weighted by Crippen LogP contribution is 2.31. The Kier molecular flexibility index (Phi) is 9.84. The second-order valence-corrected chi connectivity index (χ2v) is 10.3. The quantitative estimate of drug-likeness (QED) is 0.0975. The molecule has 4 atom stereocenters. The molecule has 1 N–H and O–H groups in total. The largest absolute Gasteiger partial charge is 0.449 e. The molecule has 1 aliphatic rings. The van der Waals surface area contributed by atoms with Crippen LogP contribution in [0.1, 0.15) is 37.8 Å². The molecule has 1 amide bonds. The summed E-state index contributed by atoms with van der Waals surface area (Å²) in [4.78, 5) is 17.7. The van der Waals surface area contributed by atoms with Gasteiger partial charge in [-0.1, -0.05) is 89.0 Å². The highest BCUT2D eigenvalue weighted by atomic mass is 35.5. The van der Waals surface area contributed by atoms with Crippen molar-refractivity contribution in [1.29, 1.82) is 5.41 Å². The van der Waals surface area contributed by atoms with Crippen LogP contribution in [0.3, 0.4) is 0 Å². The summed E-state index contributed by atoms with van der Waals surface area (Å²) in [5.41, 5.74) is 10.8. The van der Waals surface area contributed by atoms with E-state index in [1.165, 1.54) is 6.92 Å². The lowest BCUT2D eigenvalue weighted by Gasteiger charge is -2.40. The Morgan fingerprint density at radius 2 is 1.81 bits per heavy atom. The third-order valence-corrected chi connectivity index (χ3v) is 6.21. The molecule has 2 aromatic rings. The molecule has 1 heterocycles. The third-order valence-electron chi connectivity index (χ3n) is 5.87. The van der Waals surface area contributed by atoms with Gasteiger partial charge in [-0.15, -0.1) is 0 Å². The number of benzene rings is 2. The van der Waals surface area contributed by atoms with E-state index in [1.807, 2.05) is 67.6 Å².